The number of halogens is 6. The summed E-state index contributed by atoms with van der Waals surface area (Å²) in [6.07, 6.45) is -6.17. The van der Waals surface area contributed by atoms with Crippen molar-refractivity contribution < 1.29 is 35.9 Å². The molecule has 6 aromatic rings. The van der Waals surface area contributed by atoms with E-state index in [1.807, 2.05) is 28.8 Å². The van der Waals surface area contributed by atoms with Crippen molar-refractivity contribution in [1.29, 1.82) is 0 Å². The Hall–Kier alpha value is -5.91. The van der Waals surface area contributed by atoms with Gasteiger partial charge in [-0.1, -0.05) is 84.9 Å². The third-order valence-corrected chi connectivity index (χ3v) is 9.68. The van der Waals surface area contributed by atoms with Crippen LogP contribution >= 0.6 is 0 Å². The van der Waals surface area contributed by atoms with E-state index in [1.165, 1.54) is 12.1 Å². The molecule has 0 atom stereocenters. The number of anilines is 1. The molecule has 0 aliphatic heterocycles. The van der Waals surface area contributed by atoms with E-state index >= 15 is 0 Å². The second-order valence-electron chi connectivity index (χ2n) is 12.9. The molecule has 2 N–H and O–H groups in total. The number of amides is 2. The van der Waals surface area contributed by atoms with E-state index in [2.05, 4.69) is 15.6 Å². The number of unbranched alkanes of at least 4 members (excludes halogenated alkanes) is 1. The van der Waals surface area contributed by atoms with Crippen LogP contribution in [-0.2, 0) is 22.9 Å². The van der Waals surface area contributed by atoms with Crippen molar-refractivity contribution >= 4 is 28.5 Å². The first kappa shape index (κ1) is 35.5. The lowest BCUT2D eigenvalue weighted by atomic mass is 9.73. The summed E-state index contributed by atoms with van der Waals surface area (Å²) in [6, 6.07) is 31.1. The van der Waals surface area contributed by atoms with Gasteiger partial charge in [-0.15, -0.1) is 0 Å². The molecular weight excluding hydrogens is 694 g/mol. The van der Waals surface area contributed by atoms with E-state index in [0.29, 0.717) is 58.4 Å². The highest BCUT2D eigenvalue weighted by Crippen LogP contribution is 2.51. The summed E-state index contributed by atoms with van der Waals surface area (Å²) < 4.78 is 81.2. The molecule has 5 aromatic carbocycles. The second-order valence-corrected chi connectivity index (χ2v) is 12.9. The predicted octanol–water partition coefficient (Wildman–Crippen LogP) is 9.79. The van der Waals surface area contributed by atoms with E-state index in [-0.39, 0.29) is 12.0 Å². The molecule has 0 saturated carbocycles. The van der Waals surface area contributed by atoms with E-state index in [9.17, 15) is 35.9 Å². The van der Waals surface area contributed by atoms with Crippen molar-refractivity contribution in [2.75, 3.05) is 11.9 Å². The quantitative estimate of drug-likeness (QED) is 0.109. The van der Waals surface area contributed by atoms with Crippen molar-refractivity contribution in [2.45, 2.75) is 43.6 Å². The fourth-order valence-electron chi connectivity index (χ4n) is 7.32. The Balaban J connectivity index is 1.12. The van der Waals surface area contributed by atoms with Gasteiger partial charge >= 0.3 is 12.4 Å². The van der Waals surface area contributed by atoms with E-state index in [1.54, 1.807) is 73.1 Å². The lowest BCUT2D eigenvalue weighted by Gasteiger charge is -2.31. The number of carbonyl (C=O) groups excluding carboxylic acids is 2. The molecule has 1 heterocycles. The van der Waals surface area contributed by atoms with Crippen LogP contribution in [0, 0.1) is 0 Å². The highest BCUT2D eigenvalue weighted by atomic mass is 19.4. The number of fused-ring (bicyclic) bond motifs is 4. The standard InChI is InChI=1S/C41H32F6N4O2/c42-40(43,44)24-48-38(53)39(32-14-5-3-11-29(32)30-12-4-6-15-33(30)39)22-7-8-23-51-25-49-34-16-9-17-35(36(34)51)50-37(52)31-13-2-1-10-28(31)26-18-20-27(21-19-26)41(45,46)47/h1-6,9-21,25H,7-8,22-24H2,(H,48,53)(H,50,52). The monoisotopic (exact) mass is 726 g/mol. The number of hydrogen-bond acceptors (Lipinski definition) is 3. The van der Waals surface area contributed by atoms with Crippen molar-refractivity contribution in [3.63, 3.8) is 0 Å². The number of para-hydroxylation sites is 1. The van der Waals surface area contributed by atoms with Crippen molar-refractivity contribution in [2.24, 2.45) is 0 Å². The molecule has 1 aliphatic rings. The summed E-state index contributed by atoms with van der Waals surface area (Å²) in [5.74, 6) is -1.17. The topological polar surface area (TPSA) is 76.0 Å². The number of alkyl halides is 6. The van der Waals surface area contributed by atoms with Gasteiger partial charge in [0.15, 0.2) is 0 Å². The summed E-state index contributed by atoms with van der Waals surface area (Å²) in [4.78, 5) is 32.1. The zero-order chi connectivity index (χ0) is 37.4. The SMILES string of the molecule is O=C(Nc1cccc2ncn(CCCCC3(C(=O)NCC(F)(F)F)c4ccccc4-c4ccccc43)c12)c1ccccc1-c1ccc(C(F)(F)F)cc1. The van der Waals surface area contributed by atoms with E-state index in [0.717, 1.165) is 23.3 Å². The molecule has 0 fully saturated rings. The highest BCUT2D eigenvalue weighted by Gasteiger charge is 2.49. The molecule has 1 aromatic heterocycles. The van der Waals surface area contributed by atoms with Gasteiger partial charge < -0.3 is 15.2 Å². The average molecular weight is 727 g/mol. The van der Waals surface area contributed by atoms with Gasteiger partial charge in [0.1, 0.15) is 12.0 Å². The summed E-state index contributed by atoms with van der Waals surface area (Å²) in [5, 5.41) is 5.12. The van der Waals surface area contributed by atoms with Crippen molar-refractivity contribution in [1.82, 2.24) is 14.9 Å². The van der Waals surface area contributed by atoms with Gasteiger partial charge in [0.05, 0.1) is 28.6 Å². The minimum absolute atomic E-state index is 0.252. The Morgan fingerprint density at radius 3 is 1.96 bits per heavy atom. The number of aromatic nitrogens is 2. The molecule has 0 saturated heterocycles. The summed E-state index contributed by atoms with van der Waals surface area (Å²) in [5.41, 5.74) is 3.73. The smallest absolute Gasteiger partial charge is 0.346 e. The molecule has 7 rings (SSSR count). The van der Waals surface area contributed by atoms with Crippen LogP contribution in [0.2, 0.25) is 0 Å². The fraction of sp³-hybridized carbons (Fsp3) is 0.195. The minimum Gasteiger partial charge on any atom is -0.346 e. The summed E-state index contributed by atoms with van der Waals surface area (Å²) in [7, 11) is 0. The molecule has 0 spiro atoms. The Morgan fingerprint density at radius 2 is 1.32 bits per heavy atom. The lowest BCUT2D eigenvalue weighted by molar-refractivity contribution is -0.141. The van der Waals surface area contributed by atoms with Gasteiger partial charge in [-0.2, -0.15) is 26.3 Å². The highest BCUT2D eigenvalue weighted by molar-refractivity contribution is 6.11. The molecule has 53 heavy (non-hydrogen) atoms. The number of carbonyl (C=O) groups is 2. The number of rotatable bonds is 10. The lowest BCUT2D eigenvalue weighted by Crippen LogP contribution is -2.47. The molecule has 0 unspecified atom stereocenters. The number of aryl methyl sites for hydroxylation is 1. The largest absolute Gasteiger partial charge is 0.416 e. The molecule has 1 aliphatic carbocycles. The maximum atomic E-state index is 13.9. The maximum absolute atomic E-state index is 13.9. The Morgan fingerprint density at radius 1 is 0.698 bits per heavy atom. The van der Waals surface area contributed by atoms with Crippen LogP contribution in [0.15, 0.2) is 122 Å². The normalized spacial score (nSPS) is 13.4. The van der Waals surface area contributed by atoms with Crippen LogP contribution in [-0.4, -0.2) is 34.1 Å². The van der Waals surface area contributed by atoms with Crippen LogP contribution < -0.4 is 10.6 Å². The van der Waals surface area contributed by atoms with Gasteiger partial charge in [-0.3, -0.25) is 9.59 Å². The number of hydrogen-bond donors (Lipinski definition) is 2. The van der Waals surface area contributed by atoms with Gasteiger partial charge in [0.25, 0.3) is 5.91 Å². The van der Waals surface area contributed by atoms with E-state index in [4.69, 9.17) is 0 Å². The molecule has 2 amide bonds. The third kappa shape index (κ3) is 6.88. The third-order valence-electron chi connectivity index (χ3n) is 9.68. The molecule has 12 heteroatoms. The van der Waals surface area contributed by atoms with Crippen LogP contribution in [0.5, 0.6) is 0 Å². The van der Waals surface area contributed by atoms with Crippen molar-refractivity contribution in [3.8, 4) is 22.3 Å². The summed E-state index contributed by atoms with van der Waals surface area (Å²) >= 11 is 0. The predicted molar refractivity (Wildman–Crippen MR) is 190 cm³/mol. The van der Waals surface area contributed by atoms with Crippen LogP contribution in [0.3, 0.4) is 0 Å². The van der Waals surface area contributed by atoms with Gasteiger partial charge in [-0.25, -0.2) is 4.98 Å². The second kappa shape index (κ2) is 13.9. The van der Waals surface area contributed by atoms with Crippen molar-refractivity contribution in [3.05, 3.63) is 144 Å². The number of nitrogens with one attached hydrogen (secondary N) is 2. The molecule has 0 bridgehead atoms. The molecular formula is C41H32F6N4O2. The first-order valence-electron chi connectivity index (χ1n) is 16.9. The average Bonchev–Trinajstić information content (AvgIpc) is 3.70. The molecule has 270 valence electrons. The van der Waals surface area contributed by atoms with Gasteiger partial charge in [0.2, 0.25) is 5.91 Å². The summed E-state index contributed by atoms with van der Waals surface area (Å²) in [6.45, 7) is -1.02. The first-order chi connectivity index (χ1) is 25.4. The van der Waals surface area contributed by atoms with Crippen LogP contribution in [0.25, 0.3) is 33.3 Å². The van der Waals surface area contributed by atoms with Crippen LogP contribution in [0.4, 0.5) is 32.0 Å². The molecule has 6 nitrogen and oxygen atoms in total. The van der Waals surface area contributed by atoms with Gasteiger partial charge in [-0.05, 0) is 83.0 Å². The minimum atomic E-state index is -4.58. The number of benzene rings is 5. The zero-order valence-corrected chi connectivity index (χ0v) is 28.1. The number of imidazole rings is 1. The van der Waals surface area contributed by atoms with E-state index < -0.39 is 41.7 Å². The zero-order valence-electron chi connectivity index (χ0n) is 28.1. The fourth-order valence-corrected chi connectivity index (χ4v) is 7.32. The Labute approximate surface area is 300 Å². The van der Waals surface area contributed by atoms with Crippen LogP contribution in [0.1, 0.15) is 46.3 Å². The number of nitrogens with zero attached hydrogens (tertiary/aromatic N) is 2. The Bertz CT molecular complexity index is 2270. The van der Waals surface area contributed by atoms with Gasteiger partial charge in [0, 0.05) is 12.1 Å². The molecule has 0 radical (unpaired) electrons. The Kier molecular flexibility index (Phi) is 9.31. The first-order valence-corrected chi connectivity index (χ1v) is 16.9. The maximum Gasteiger partial charge on any atom is 0.416 e.